The molecule has 0 aliphatic heterocycles. The van der Waals surface area contributed by atoms with E-state index in [9.17, 15) is 4.79 Å². The Morgan fingerprint density at radius 3 is 2.68 bits per heavy atom. The first-order chi connectivity index (χ1) is 12.1. The van der Waals surface area contributed by atoms with Crippen molar-refractivity contribution in [1.82, 2.24) is 10.3 Å². The number of hydrogen-bond acceptors (Lipinski definition) is 4. The highest BCUT2D eigenvalue weighted by molar-refractivity contribution is 5.88. The Hall–Kier alpha value is -2.60. The molecule has 6 nitrogen and oxygen atoms in total. The van der Waals surface area contributed by atoms with E-state index >= 15 is 0 Å². The quantitative estimate of drug-likeness (QED) is 0.710. The number of nitrogens with one attached hydrogen (secondary N) is 2. The van der Waals surface area contributed by atoms with Crippen LogP contribution in [0.3, 0.4) is 0 Å². The zero-order chi connectivity index (χ0) is 18.1. The largest absolute Gasteiger partial charge is 0.439 e. The van der Waals surface area contributed by atoms with Crippen LogP contribution in [0.5, 0.6) is 11.6 Å². The number of aryl methyl sites for hydroxylation is 2. The van der Waals surface area contributed by atoms with Crippen molar-refractivity contribution in [1.29, 1.82) is 0 Å². The van der Waals surface area contributed by atoms with Crippen molar-refractivity contribution in [3.63, 3.8) is 0 Å². The van der Waals surface area contributed by atoms with E-state index in [1.54, 1.807) is 18.3 Å². The van der Waals surface area contributed by atoms with Crippen LogP contribution in [0.25, 0.3) is 0 Å². The minimum atomic E-state index is -0.263. The number of rotatable bonds is 8. The van der Waals surface area contributed by atoms with E-state index in [2.05, 4.69) is 22.5 Å². The summed E-state index contributed by atoms with van der Waals surface area (Å²) < 4.78 is 10.9. The molecule has 134 valence electrons. The monoisotopic (exact) mass is 343 g/mol. The maximum Gasteiger partial charge on any atom is 0.319 e. The van der Waals surface area contributed by atoms with Gasteiger partial charge in [0.2, 0.25) is 5.88 Å². The minimum Gasteiger partial charge on any atom is -0.439 e. The van der Waals surface area contributed by atoms with Crippen molar-refractivity contribution < 1.29 is 14.3 Å². The number of pyridine rings is 1. The first-order valence-electron chi connectivity index (χ1n) is 8.42. The third-order valence-corrected chi connectivity index (χ3v) is 3.65. The highest BCUT2D eigenvalue weighted by atomic mass is 16.5. The van der Waals surface area contributed by atoms with Gasteiger partial charge in [-0.2, -0.15) is 0 Å². The average molecular weight is 343 g/mol. The predicted octanol–water partition coefficient (Wildman–Crippen LogP) is 4.04. The molecule has 1 aromatic carbocycles. The fraction of sp³-hybridized carbons (Fsp3) is 0.368. The molecule has 2 aromatic rings. The summed E-state index contributed by atoms with van der Waals surface area (Å²) in [7, 11) is 0. The van der Waals surface area contributed by atoms with Crippen LogP contribution in [0.2, 0.25) is 0 Å². The number of benzene rings is 1. The predicted molar refractivity (Wildman–Crippen MR) is 98.4 cm³/mol. The molecule has 2 rings (SSSR count). The first-order valence-corrected chi connectivity index (χ1v) is 8.42. The van der Waals surface area contributed by atoms with E-state index in [1.807, 2.05) is 32.0 Å². The maximum atomic E-state index is 11.8. The third kappa shape index (κ3) is 6.43. The molecule has 0 saturated heterocycles. The van der Waals surface area contributed by atoms with Crippen LogP contribution in [0.1, 0.15) is 24.5 Å². The second-order valence-corrected chi connectivity index (χ2v) is 5.66. The van der Waals surface area contributed by atoms with Crippen LogP contribution in [0, 0.1) is 13.8 Å². The van der Waals surface area contributed by atoms with Gasteiger partial charge in [-0.15, -0.1) is 0 Å². The van der Waals surface area contributed by atoms with E-state index in [0.717, 1.165) is 17.7 Å². The lowest BCUT2D eigenvalue weighted by molar-refractivity contribution is 0.145. The van der Waals surface area contributed by atoms with Crippen LogP contribution in [-0.2, 0) is 4.74 Å². The number of ether oxygens (including phenoxy) is 2. The first kappa shape index (κ1) is 18.7. The summed E-state index contributed by atoms with van der Waals surface area (Å²) in [6, 6.07) is 9.10. The minimum absolute atomic E-state index is 0.263. The maximum absolute atomic E-state index is 11.8. The summed E-state index contributed by atoms with van der Waals surface area (Å²) in [4.78, 5) is 16.0. The van der Waals surface area contributed by atoms with Gasteiger partial charge < -0.3 is 20.1 Å². The van der Waals surface area contributed by atoms with Gasteiger partial charge in [0.05, 0.1) is 11.9 Å². The second kappa shape index (κ2) is 9.64. The number of aromatic nitrogens is 1. The molecule has 2 N–H and O–H groups in total. The van der Waals surface area contributed by atoms with Gasteiger partial charge in [0.1, 0.15) is 5.75 Å². The van der Waals surface area contributed by atoms with E-state index in [0.29, 0.717) is 31.3 Å². The number of hydrogen-bond donors (Lipinski definition) is 2. The molecular formula is C19H25N3O3. The highest BCUT2D eigenvalue weighted by Crippen LogP contribution is 2.22. The molecule has 6 heteroatoms. The Kier molecular flexibility index (Phi) is 7.22. The summed E-state index contributed by atoms with van der Waals surface area (Å²) in [5.74, 6) is 1.22. The van der Waals surface area contributed by atoms with E-state index in [1.165, 1.54) is 5.56 Å². The lowest BCUT2D eigenvalue weighted by Gasteiger charge is -2.09. The number of urea groups is 1. The van der Waals surface area contributed by atoms with Crippen LogP contribution >= 0.6 is 0 Å². The van der Waals surface area contributed by atoms with Gasteiger partial charge in [0.25, 0.3) is 0 Å². The second-order valence-electron chi connectivity index (χ2n) is 5.66. The van der Waals surface area contributed by atoms with Crippen molar-refractivity contribution in [2.24, 2.45) is 0 Å². The molecular weight excluding hydrogens is 318 g/mol. The Balaban J connectivity index is 1.81. The number of carbonyl (C=O) groups excluding carboxylic acids is 1. The highest BCUT2D eigenvalue weighted by Gasteiger charge is 2.04. The Morgan fingerprint density at radius 2 is 2.00 bits per heavy atom. The molecule has 0 unspecified atom stereocenters. The molecule has 0 aliphatic rings. The van der Waals surface area contributed by atoms with Gasteiger partial charge in [-0.25, -0.2) is 9.78 Å². The number of nitrogens with zero attached hydrogens (tertiary/aromatic N) is 1. The van der Waals surface area contributed by atoms with Crippen molar-refractivity contribution in [2.75, 3.05) is 25.1 Å². The molecule has 0 bridgehead atoms. The Labute approximate surface area is 148 Å². The summed E-state index contributed by atoms with van der Waals surface area (Å²) in [6.07, 6.45) is 2.35. The fourth-order valence-corrected chi connectivity index (χ4v) is 2.11. The average Bonchev–Trinajstić information content (AvgIpc) is 2.60. The summed E-state index contributed by atoms with van der Waals surface area (Å²) >= 11 is 0. The van der Waals surface area contributed by atoms with Crippen LogP contribution in [0.15, 0.2) is 36.5 Å². The zero-order valence-corrected chi connectivity index (χ0v) is 15.0. The van der Waals surface area contributed by atoms with E-state index in [-0.39, 0.29) is 6.03 Å². The van der Waals surface area contributed by atoms with Crippen molar-refractivity contribution >= 4 is 11.7 Å². The molecule has 0 fully saturated rings. The van der Waals surface area contributed by atoms with Gasteiger partial charge >= 0.3 is 6.03 Å². The molecule has 0 aliphatic carbocycles. The van der Waals surface area contributed by atoms with Crippen molar-refractivity contribution in [2.45, 2.75) is 27.2 Å². The normalized spacial score (nSPS) is 10.4. The lowest BCUT2D eigenvalue weighted by Crippen LogP contribution is -2.30. The SMILES string of the molecule is CCOCCCNC(=O)Nc1ccc(Oc2ccc(C)c(C)c2)nc1. The molecule has 25 heavy (non-hydrogen) atoms. The summed E-state index contributed by atoms with van der Waals surface area (Å²) in [5.41, 5.74) is 2.98. The molecule has 0 saturated carbocycles. The topological polar surface area (TPSA) is 72.5 Å². The number of anilines is 1. The molecule has 1 aromatic heterocycles. The van der Waals surface area contributed by atoms with Crippen molar-refractivity contribution in [3.05, 3.63) is 47.7 Å². The smallest absolute Gasteiger partial charge is 0.319 e. The molecule has 2 amide bonds. The number of carbonyl (C=O) groups is 1. The van der Waals surface area contributed by atoms with Crippen LogP contribution in [-0.4, -0.2) is 30.8 Å². The van der Waals surface area contributed by atoms with Gasteiger partial charge in [-0.05, 0) is 56.5 Å². The molecule has 0 atom stereocenters. The molecule has 1 heterocycles. The van der Waals surface area contributed by atoms with Gasteiger partial charge in [0.15, 0.2) is 0 Å². The van der Waals surface area contributed by atoms with Crippen molar-refractivity contribution in [3.8, 4) is 11.6 Å². The summed E-state index contributed by atoms with van der Waals surface area (Å²) in [6.45, 7) is 7.93. The Morgan fingerprint density at radius 1 is 1.16 bits per heavy atom. The fourth-order valence-electron chi connectivity index (χ4n) is 2.11. The van der Waals surface area contributed by atoms with Crippen LogP contribution < -0.4 is 15.4 Å². The summed E-state index contributed by atoms with van der Waals surface area (Å²) in [5, 5.41) is 5.50. The van der Waals surface area contributed by atoms with Crippen LogP contribution in [0.4, 0.5) is 10.5 Å². The third-order valence-electron chi connectivity index (χ3n) is 3.65. The number of amides is 2. The van der Waals surface area contributed by atoms with Gasteiger partial charge in [0, 0.05) is 25.8 Å². The lowest BCUT2D eigenvalue weighted by atomic mass is 10.1. The molecule has 0 radical (unpaired) electrons. The standard InChI is InChI=1S/C19H25N3O3/c1-4-24-11-5-10-20-19(23)22-16-7-9-18(21-13-16)25-17-8-6-14(2)15(3)12-17/h6-9,12-13H,4-5,10-11H2,1-3H3,(H2,20,22,23). The zero-order valence-electron chi connectivity index (χ0n) is 15.0. The van der Waals surface area contributed by atoms with Gasteiger partial charge in [-0.1, -0.05) is 6.07 Å². The van der Waals surface area contributed by atoms with E-state index < -0.39 is 0 Å². The van der Waals surface area contributed by atoms with E-state index in [4.69, 9.17) is 9.47 Å². The van der Waals surface area contributed by atoms with Gasteiger partial charge in [-0.3, -0.25) is 0 Å². The Bertz CT molecular complexity index is 687. The molecule has 0 spiro atoms.